The normalized spacial score (nSPS) is 25.6. The molecular formula is C22H19F5N4O. The van der Waals surface area contributed by atoms with Crippen molar-refractivity contribution in [2.24, 2.45) is 23.7 Å². The summed E-state index contributed by atoms with van der Waals surface area (Å²) in [7, 11) is 0. The molecule has 2 aliphatic rings. The number of alkyl halides is 3. The Bertz CT molecular complexity index is 1180. The lowest BCUT2D eigenvalue weighted by Gasteiger charge is -2.19. The van der Waals surface area contributed by atoms with Gasteiger partial charge in [0, 0.05) is 30.3 Å². The van der Waals surface area contributed by atoms with Crippen molar-refractivity contribution in [3.8, 4) is 0 Å². The fourth-order valence-electron chi connectivity index (χ4n) is 5.20. The third-order valence-corrected chi connectivity index (χ3v) is 6.83. The van der Waals surface area contributed by atoms with Crippen molar-refractivity contribution in [2.45, 2.75) is 32.0 Å². The van der Waals surface area contributed by atoms with Gasteiger partial charge < -0.3 is 9.88 Å². The molecule has 0 saturated heterocycles. The summed E-state index contributed by atoms with van der Waals surface area (Å²) in [6.07, 6.45) is -0.585. The lowest BCUT2D eigenvalue weighted by Crippen LogP contribution is -2.25. The molecule has 5 rings (SSSR count). The van der Waals surface area contributed by atoms with Crippen molar-refractivity contribution in [1.29, 1.82) is 0 Å². The summed E-state index contributed by atoms with van der Waals surface area (Å²) in [5, 5.41) is 2.60. The average Bonchev–Trinajstić information content (AvgIpc) is 3.05. The first-order chi connectivity index (χ1) is 15.1. The van der Waals surface area contributed by atoms with Gasteiger partial charge in [-0.15, -0.1) is 0 Å². The standard InChI is InChI=1S/C22H19F5N4O/c1-10(21(32)30-19-3-2-11(8-28-19)22(25,26)27)20-13-4-12(5-14(13)20)31-9-29-17-6-15(23)16(24)7-18(17)31/h2-3,6-10,12-14,20H,4-5H2,1H3,(H,28,30,32)/t10?,12-,13-,14+,20+. The molecule has 0 aliphatic heterocycles. The van der Waals surface area contributed by atoms with Crippen LogP contribution >= 0.6 is 0 Å². The minimum Gasteiger partial charge on any atom is -0.327 e. The Hall–Kier alpha value is -3.04. The van der Waals surface area contributed by atoms with Crippen LogP contribution in [0.3, 0.4) is 0 Å². The Kier molecular flexibility index (Phi) is 4.72. The van der Waals surface area contributed by atoms with Crippen LogP contribution in [0.2, 0.25) is 0 Å². The molecule has 3 aromatic rings. The van der Waals surface area contributed by atoms with E-state index in [-0.39, 0.29) is 29.6 Å². The van der Waals surface area contributed by atoms with Crippen LogP contribution in [0, 0.1) is 35.3 Å². The summed E-state index contributed by atoms with van der Waals surface area (Å²) in [6, 6.07) is 4.37. The van der Waals surface area contributed by atoms with Crippen molar-refractivity contribution in [3.05, 3.63) is 54.0 Å². The predicted octanol–water partition coefficient (Wildman–Crippen LogP) is 5.20. The number of pyridine rings is 1. The van der Waals surface area contributed by atoms with Crippen LogP contribution in [0.5, 0.6) is 0 Å². The molecule has 1 N–H and O–H groups in total. The first-order valence-electron chi connectivity index (χ1n) is 10.3. The highest BCUT2D eigenvalue weighted by Gasteiger charge is 2.59. The zero-order valence-corrected chi connectivity index (χ0v) is 16.9. The quantitative estimate of drug-likeness (QED) is 0.556. The van der Waals surface area contributed by atoms with Crippen LogP contribution < -0.4 is 5.32 Å². The highest BCUT2D eigenvalue weighted by atomic mass is 19.4. The van der Waals surface area contributed by atoms with E-state index in [9.17, 15) is 26.7 Å². The van der Waals surface area contributed by atoms with Crippen molar-refractivity contribution in [3.63, 3.8) is 0 Å². The van der Waals surface area contributed by atoms with Gasteiger partial charge in [0.15, 0.2) is 11.6 Å². The second-order valence-corrected chi connectivity index (χ2v) is 8.64. The molecule has 2 saturated carbocycles. The van der Waals surface area contributed by atoms with E-state index in [0.717, 1.165) is 37.1 Å². The smallest absolute Gasteiger partial charge is 0.327 e. The van der Waals surface area contributed by atoms with E-state index in [1.54, 1.807) is 6.33 Å². The summed E-state index contributed by atoms with van der Waals surface area (Å²) in [6.45, 7) is 1.81. The SMILES string of the molecule is CC(C(=O)Nc1ccc(C(F)(F)F)cn1)[C@H]1[C@@H]2C[C@@H](n3cnc4cc(F)c(F)cc43)C[C@@H]21. The number of amides is 1. The summed E-state index contributed by atoms with van der Waals surface area (Å²) >= 11 is 0. The molecule has 1 aromatic carbocycles. The Balaban J connectivity index is 1.21. The number of nitrogens with zero attached hydrogens (tertiary/aromatic N) is 3. The Morgan fingerprint density at radius 3 is 2.44 bits per heavy atom. The first kappa shape index (κ1) is 20.8. The molecule has 168 valence electrons. The van der Waals surface area contributed by atoms with Gasteiger partial charge in [-0.25, -0.2) is 18.7 Å². The average molecular weight is 450 g/mol. The van der Waals surface area contributed by atoms with Gasteiger partial charge in [-0.2, -0.15) is 13.2 Å². The molecule has 2 aromatic heterocycles. The minimum atomic E-state index is -4.48. The van der Waals surface area contributed by atoms with Crippen LogP contribution in [0.15, 0.2) is 36.8 Å². The van der Waals surface area contributed by atoms with E-state index in [0.29, 0.717) is 29.1 Å². The third-order valence-electron chi connectivity index (χ3n) is 6.83. The second-order valence-electron chi connectivity index (χ2n) is 8.64. The monoisotopic (exact) mass is 450 g/mol. The number of carbonyl (C=O) groups excluding carboxylic acids is 1. The number of halogens is 5. The lowest BCUT2D eigenvalue weighted by molar-refractivity contribution is -0.137. The number of hydrogen-bond donors (Lipinski definition) is 1. The Labute approximate surface area is 179 Å². The lowest BCUT2D eigenvalue weighted by atomic mass is 9.96. The maximum Gasteiger partial charge on any atom is 0.417 e. The summed E-state index contributed by atoms with van der Waals surface area (Å²) in [4.78, 5) is 20.5. The molecule has 5 atom stereocenters. The van der Waals surface area contributed by atoms with E-state index in [2.05, 4.69) is 15.3 Å². The maximum absolute atomic E-state index is 13.7. The van der Waals surface area contributed by atoms with Gasteiger partial charge in [0.25, 0.3) is 0 Å². The van der Waals surface area contributed by atoms with Crippen molar-refractivity contribution in [2.75, 3.05) is 5.32 Å². The molecule has 0 spiro atoms. The molecule has 2 heterocycles. The fourth-order valence-corrected chi connectivity index (χ4v) is 5.20. The summed E-state index contributed by atoms with van der Waals surface area (Å²) < 4.78 is 66.9. The maximum atomic E-state index is 13.7. The number of imidazole rings is 1. The number of nitrogens with one attached hydrogen (secondary N) is 1. The zero-order chi connectivity index (χ0) is 22.8. The van der Waals surface area contributed by atoms with Crippen LogP contribution in [0.1, 0.15) is 31.4 Å². The predicted molar refractivity (Wildman–Crippen MR) is 105 cm³/mol. The minimum absolute atomic E-state index is 0.0812. The Morgan fingerprint density at radius 2 is 1.81 bits per heavy atom. The number of hydrogen-bond acceptors (Lipinski definition) is 3. The Morgan fingerprint density at radius 1 is 1.12 bits per heavy atom. The number of carbonyl (C=O) groups is 1. The van der Waals surface area contributed by atoms with E-state index in [1.165, 1.54) is 0 Å². The molecule has 5 nitrogen and oxygen atoms in total. The van der Waals surface area contributed by atoms with E-state index >= 15 is 0 Å². The van der Waals surface area contributed by atoms with Crippen LogP contribution in [0.4, 0.5) is 27.8 Å². The van der Waals surface area contributed by atoms with Gasteiger partial charge in [-0.05, 0) is 42.7 Å². The highest BCUT2D eigenvalue weighted by molar-refractivity contribution is 5.92. The molecule has 0 bridgehead atoms. The summed E-state index contributed by atoms with van der Waals surface area (Å²) in [5.74, 6) is -1.54. The fraction of sp³-hybridized carbons (Fsp3) is 0.409. The largest absolute Gasteiger partial charge is 0.417 e. The number of anilines is 1. The van der Waals surface area contributed by atoms with Gasteiger partial charge in [-0.1, -0.05) is 6.92 Å². The van der Waals surface area contributed by atoms with E-state index in [4.69, 9.17) is 0 Å². The molecule has 0 radical (unpaired) electrons. The van der Waals surface area contributed by atoms with Crippen LogP contribution in [-0.4, -0.2) is 20.4 Å². The van der Waals surface area contributed by atoms with Crippen molar-refractivity contribution in [1.82, 2.24) is 14.5 Å². The van der Waals surface area contributed by atoms with Gasteiger partial charge in [0.05, 0.1) is 22.9 Å². The zero-order valence-electron chi connectivity index (χ0n) is 16.9. The summed E-state index contributed by atoms with van der Waals surface area (Å²) in [5.41, 5.74) is 0.0738. The topological polar surface area (TPSA) is 59.8 Å². The van der Waals surface area contributed by atoms with Gasteiger partial charge in [0.1, 0.15) is 5.82 Å². The second kappa shape index (κ2) is 7.25. The number of aromatic nitrogens is 3. The first-order valence-corrected chi connectivity index (χ1v) is 10.3. The molecule has 1 unspecified atom stereocenters. The third kappa shape index (κ3) is 3.51. The van der Waals surface area contributed by atoms with Crippen molar-refractivity contribution < 1.29 is 26.7 Å². The van der Waals surface area contributed by atoms with Gasteiger partial charge in [0.2, 0.25) is 5.91 Å². The van der Waals surface area contributed by atoms with Crippen LogP contribution in [0.25, 0.3) is 11.0 Å². The van der Waals surface area contributed by atoms with Crippen LogP contribution in [-0.2, 0) is 11.0 Å². The highest BCUT2D eigenvalue weighted by Crippen LogP contribution is 2.64. The molecule has 1 amide bonds. The molecule has 2 fully saturated rings. The van der Waals surface area contributed by atoms with E-state index < -0.39 is 23.4 Å². The van der Waals surface area contributed by atoms with Gasteiger partial charge in [-0.3, -0.25) is 4.79 Å². The number of rotatable bonds is 4. The number of fused-ring (bicyclic) bond motifs is 2. The molecular weight excluding hydrogens is 431 g/mol. The molecule has 32 heavy (non-hydrogen) atoms. The molecule has 2 aliphatic carbocycles. The molecule has 10 heteroatoms. The number of benzene rings is 1. The van der Waals surface area contributed by atoms with Gasteiger partial charge >= 0.3 is 6.18 Å². The van der Waals surface area contributed by atoms with Crippen molar-refractivity contribution >= 4 is 22.8 Å². The van der Waals surface area contributed by atoms with E-state index in [1.807, 2.05) is 11.5 Å².